The van der Waals surface area contributed by atoms with Gasteiger partial charge < -0.3 is 58.6 Å². The number of ether oxygens (including phenoxy) is 3. The lowest BCUT2D eigenvalue weighted by molar-refractivity contribution is 0.0479. The molecule has 0 aliphatic heterocycles. The molecule has 0 aromatic heterocycles. The number of ketones is 6. The Labute approximate surface area is 698 Å². The molecule has 0 radical (unpaired) electrons. The molecule has 0 spiro atoms. The van der Waals surface area contributed by atoms with E-state index in [1.54, 1.807) is 72.8 Å². The molecule has 0 atom stereocenters. The number of Topliss-reactive ketones (excluding diaryl/α,β-unsaturated/α-hetero) is 6. The second-order valence-electron chi connectivity index (χ2n) is 38.1. The Bertz CT molecular complexity index is 4040. The fraction of sp³-hybridized carbons (Fsp3) is 0.523. The van der Waals surface area contributed by atoms with Crippen LogP contribution < -0.4 is 27.5 Å². The Kier molecular flexibility index (Phi) is 36.0. The highest BCUT2D eigenvalue weighted by molar-refractivity contribution is 6.85. The van der Waals surface area contributed by atoms with E-state index in [1.807, 2.05) is 201 Å². The van der Waals surface area contributed by atoms with E-state index >= 15 is 0 Å². The molecule has 0 fully saturated rings. The molecule has 2 N–H and O–H groups in total. The summed E-state index contributed by atoms with van der Waals surface area (Å²) in [5.74, 6) is 3.80. The fourth-order valence-corrected chi connectivity index (χ4v) is 41.8. The maximum atomic E-state index is 13.2. The van der Waals surface area contributed by atoms with Gasteiger partial charge in [0.2, 0.25) is 0 Å². The lowest BCUT2D eigenvalue weighted by Crippen LogP contribution is -2.52. The smallest absolute Gasteiger partial charge is 0.384 e. The van der Waals surface area contributed by atoms with E-state index in [-0.39, 0.29) is 34.7 Å². The number of hydrogen-bond donors (Lipinski definition) is 2. The van der Waals surface area contributed by atoms with Gasteiger partial charge in [-0.3, -0.25) is 28.8 Å². The van der Waals surface area contributed by atoms with E-state index < -0.39 is 101 Å². The van der Waals surface area contributed by atoms with Crippen molar-refractivity contribution in [3.8, 4) is 34.5 Å². The van der Waals surface area contributed by atoms with Crippen LogP contribution in [0.25, 0.3) is 0 Å². The van der Waals surface area contributed by atoms with Crippen LogP contribution >= 0.6 is 0 Å². The Hall–Kier alpha value is -6.40. The second-order valence-corrected chi connectivity index (χ2v) is 67.7. The predicted molar refractivity (Wildman–Crippen MR) is 483 cm³/mol. The minimum Gasteiger partial charge on any atom is -0.521 e. The van der Waals surface area contributed by atoms with Crippen molar-refractivity contribution in [3.63, 3.8) is 0 Å². The molecule has 27 heteroatoms. The van der Waals surface area contributed by atoms with Crippen LogP contribution in [-0.2, 0) is 20.9 Å². The molecule has 636 valence electrons. The molecule has 0 bridgehead atoms. The maximum Gasteiger partial charge on any atom is 0.384 e. The van der Waals surface area contributed by atoms with Crippen molar-refractivity contribution < 1.29 is 87.4 Å². The number of hydrogen-bond acceptors (Lipinski definition) is 19. The van der Waals surface area contributed by atoms with E-state index in [1.165, 1.54) is 27.7 Å². The molecule has 0 heterocycles. The van der Waals surface area contributed by atoms with Crippen LogP contribution in [0.15, 0.2) is 146 Å². The SMILES string of the molecule is CC(C)(C)C(=O)c1ccc(OCCC[Si](C)(C)O[Si](C)(C)Oc2ccc(C(=O)C(C)(C)O)cc2)cc1.CC(C)(C)C(=O)c1ccc(O[Si](C)(C)O[Si](C)(C)Oc2ccc(C(=O)C(C)(C)O)cc2)cc1.C[SiH](C)O[Si](C)(C)OC(C)(C)C(=O)c1ccc(OCCC[Si](C)(C)O[Si](C)(C)CCCOc2ccc(C(=O)C(C)(C)C)cc2)cc1. The van der Waals surface area contributed by atoms with E-state index in [2.05, 4.69) is 52.4 Å². The molecule has 6 aromatic rings. The van der Waals surface area contributed by atoms with Gasteiger partial charge in [-0.2, -0.15) is 0 Å². The van der Waals surface area contributed by atoms with Gasteiger partial charge in [-0.05, 0) is 329 Å². The summed E-state index contributed by atoms with van der Waals surface area (Å²) in [6, 6.07) is 45.8. The average molecular weight is 1720 g/mol. The van der Waals surface area contributed by atoms with Crippen molar-refractivity contribution in [2.75, 3.05) is 19.8 Å². The van der Waals surface area contributed by atoms with Crippen LogP contribution in [0.4, 0.5) is 0 Å². The minimum atomic E-state index is -2.62. The van der Waals surface area contributed by atoms with Crippen molar-refractivity contribution in [2.45, 2.75) is 263 Å². The second kappa shape index (κ2) is 41.0. The third-order valence-corrected chi connectivity index (χ3v) is 42.2. The van der Waals surface area contributed by atoms with Crippen LogP contribution in [0, 0.1) is 16.2 Å². The monoisotopic (exact) mass is 1720 g/mol. The number of benzene rings is 6. The molecular weight excluding hydrogens is 1590 g/mol. The van der Waals surface area contributed by atoms with Gasteiger partial charge in [-0.15, -0.1) is 0 Å². The topological polar surface area (TPSA) is 244 Å². The van der Waals surface area contributed by atoms with E-state index in [4.69, 9.17) is 48.4 Å². The summed E-state index contributed by atoms with van der Waals surface area (Å²) in [5, 5.41) is 19.8. The average Bonchev–Trinajstić information content (AvgIpc) is 0.817. The van der Waals surface area contributed by atoms with Gasteiger partial charge >= 0.3 is 34.2 Å². The summed E-state index contributed by atoms with van der Waals surface area (Å²) in [6.45, 7) is 62.2. The molecule has 19 nitrogen and oxygen atoms in total. The largest absolute Gasteiger partial charge is 0.521 e. The molecule has 0 saturated heterocycles. The van der Waals surface area contributed by atoms with E-state index in [9.17, 15) is 39.0 Å². The van der Waals surface area contributed by atoms with Crippen molar-refractivity contribution in [3.05, 3.63) is 179 Å². The lowest BCUT2D eigenvalue weighted by atomic mass is 9.86. The summed E-state index contributed by atoms with van der Waals surface area (Å²) >= 11 is 0. The number of rotatable bonds is 40. The molecule has 0 aliphatic carbocycles. The van der Waals surface area contributed by atoms with Crippen LogP contribution in [-0.4, -0.2) is 150 Å². The predicted octanol–water partition coefficient (Wildman–Crippen LogP) is 21.6. The Morgan fingerprint density at radius 3 is 0.748 bits per heavy atom. The first-order chi connectivity index (χ1) is 52.3. The van der Waals surface area contributed by atoms with Gasteiger partial charge in [0, 0.05) is 49.6 Å². The van der Waals surface area contributed by atoms with Crippen molar-refractivity contribution in [1.82, 2.24) is 0 Å². The van der Waals surface area contributed by atoms with Gasteiger partial charge in [0.05, 0.1) is 19.8 Å². The summed E-state index contributed by atoms with van der Waals surface area (Å²) < 4.78 is 68.5. The summed E-state index contributed by atoms with van der Waals surface area (Å²) in [7, 11) is -17.1. The van der Waals surface area contributed by atoms with Crippen molar-refractivity contribution >= 4 is 103 Å². The standard InChI is InChI=1S/C35H60O7Si4.C28H42O6Si2.C25H36O6Si2/c1-34(2,3)32(36)28-16-20-30(21-17-28)38-24-14-26-44(8,9)42-45(10,11)27-15-25-39-31-22-18-29(19-23-31)33(37)35(4,5)40-46(12,13)41-43(6)7;1-27(2,3)25(29)21-11-15-23(16-12-21)32-19-10-20-35(6,7)34-36(8,9)33-24-17-13-22(14-18-24)26(30)28(4,5)31;1-24(2,3)22(26)18-10-14-20(15-11-18)29-32(6,7)31-33(8,9)30-21-16-12-19(13-17-21)23(27)25(4,5)28/h16-23,43H,14-15,24-27H2,1-13H3;11-18,31H,10,19-20H2,1-9H3;10-17,28H,1-9H3. The minimum absolute atomic E-state index is 0.0557. The number of carbonyl (C=O) groups is 6. The van der Waals surface area contributed by atoms with Gasteiger partial charge in [-0.1, -0.05) is 62.3 Å². The summed E-state index contributed by atoms with van der Waals surface area (Å²) in [6.07, 6.45) is 2.71. The van der Waals surface area contributed by atoms with Crippen molar-refractivity contribution in [2.24, 2.45) is 16.2 Å². The number of carbonyl (C=O) groups excluding carboxylic acids is 6. The van der Waals surface area contributed by atoms with Crippen molar-refractivity contribution in [1.29, 1.82) is 0 Å². The summed E-state index contributed by atoms with van der Waals surface area (Å²) in [5.41, 5.74) is -1.49. The molecular formula is C88H138O19Si8. The van der Waals surface area contributed by atoms with Crippen LogP contribution in [0.3, 0.4) is 0 Å². The van der Waals surface area contributed by atoms with E-state index in [0.717, 1.165) is 54.6 Å². The first-order valence-corrected chi connectivity index (χ1v) is 63.5. The van der Waals surface area contributed by atoms with E-state index in [0.29, 0.717) is 70.4 Å². The Morgan fingerprint density at radius 1 is 0.296 bits per heavy atom. The Morgan fingerprint density at radius 2 is 0.513 bits per heavy atom. The molecule has 0 aliphatic rings. The zero-order chi connectivity index (χ0) is 87.6. The van der Waals surface area contributed by atoms with Gasteiger partial charge in [0.15, 0.2) is 68.7 Å². The molecule has 6 aromatic carbocycles. The lowest BCUT2D eigenvalue weighted by Gasteiger charge is -2.34. The molecule has 0 unspecified atom stereocenters. The number of aliphatic hydroxyl groups is 2. The van der Waals surface area contributed by atoms with Gasteiger partial charge in [0.25, 0.3) is 0 Å². The normalized spacial score (nSPS) is 13.0. The zero-order valence-corrected chi connectivity index (χ0v) is 83.3. The molecule has 0 saturated carbocycles. The third-order valence-electron chi connectivity index (χ3n) is 17.7. The third kappa shape index (κ3) is 36.4. The van der Waals surface area contributed by atoms with Crippen LogP contribution in [0.5, 0.6) is 34.5 Å². The van der Waals surface area contributed by atoms with Gasteiger partial charge in [0.1, 0.15) is 51.3 Å². The Balaban J connectivity index is 0.000000369. The van der Waals surface area contributed by atoms with Crippen LogP contribution in [0.2, 0.25) is 123 Å². The van der Waals surface area contributed by atoms with Crippen LogP contribution in [0.1, 0.15) is 185 Å². The first-order valence-electron chi connectivity index (χ1n) is 40.1. The maximum absolute atomic E-state index is 13.2. The molecule has 115 heavy (non-hydrogen) atoms. The highest BCUT2D eigenvalue weighted by Gasteiger charge is 2.42. The first kappa shape index (κ1) is 101. The highest BCUT2D eigenvalue weighted by atomic mass is 28.5. The quantitative estimate of drug-likeness (QED) is 0.0206. The van der Waals surface area contributed by atoms with Gasteiger partial charge in [-0.25, -0.2) is 0 Å². The highest BCUT2D eigenvalue weighted by Crippen LogP contribution is 2.33. The molecule has 6 rings (SSSR count). The summed E-state index contributed by atoms with van der Waals surface area (Å²) in [4.78, 5) is 74.9. The fourth-order valence-electron chi connectivity index (χ4n) is 12.9. The zero-order valence-electron chi connectivity index (χ0n) is 75.1. The molecule has 0 amide bonds.